The second kappa shape index (κ2) is 3.09. The molecule has 1 nitrogen and oxygen atoms in total. The first-order chi connectivity index (χ1) is 4.75. The van der Waals surface area contributed by atoms with Crippen molar-refractivity contribution in [3.05, 3.63) is 22.8 Å². The van der Waals surface area contributed by atoms with E-state index >= 15 is 0 Å². The van der Waals surface area contributed by atoms with Gasteiger partial charge in [0, 0.05) is 0 Å². The van der Waals surface area contributed by atoms with Gasteiger partial charge < -0.3 is 0 Å². The second-order valence-corrected chi connectivity index (χ2v) is 2.91. The lowest BCUT2D eigenvalue weighted by atomic mass is 10.1. The molecule has 10 heavy (non-hydrogen) atoms. The smallest absolute Gasteiger partial charge is 0.0978 e. The van der Waals surface area contributed by atoms with Gasteiger partial charge >= 0.3 is 0 Å². The van der Waals surface area contributed by atoms with E-state index in [9.17, 15) is 0 Å². The quantitative estimate of drug-likeness (QED) is 0.517. The van der Waals surface area contributed by atoms with E-state index in [0.29, 0.717) is 17.0 Å². The summed E-state index contributed by atoms with van der Waals surface area (Å²) in [5.74, 6) is 0. The van der Waals surface area contributed by atoms with E-state index in [-0.39, 0.29) is 5.38 Å². The zero-order valence-electron chi connectivity index (χ0n) is 5.14. The summed E-state index contributed by atoms with van der Waals surface area (Å²) >= 11 is 11.4. The lowest BCUT2D eigenvalue weighted by molar-refractivity contribution is 0.997. The van der Waals surface area contributed by atoms with Gasteiger partial charge in [0.1, 0.15) is 0 Å². The van der Waals surface area contributed by atoms with Crippen molar-refractivity contribution in [2.24, 2.45) is 0 Å². The Hall–Kier alpha value is -0.450. The van der Waals surface area contributed by atoms with Crippen molar-refractivity contribution < 1.29 is 0 Å². The highest BCUT2D eigenvalue weighted by Gasteiger charge is 2.15. The molecule has 0 radical (unpaired) electrons. The number of alkyl halides is 1. The zero-order valence-corrected chi connectivity index (χ0v) is 6.65. The highest BCUT2D eigenvalue weighted by molar-refractivity contribution is 6.33. The molecule has 52 valence electrons. The van der Waals surface area contributed by atoms with Crippen molar-refractivity contribution in [3.63, 3.8) is 0 Å². The van der Waals surface area contributed by atoms with Gasteiger partial charge in [-0.25, -0.2) is 0 Å². The molecule has 0 spiro atoms. The number of nitriles is 1. The maximum Gasteiger partial charge on any atom is 0.0978 e. The molecule has 1 aliphatic carbocycles. The van der Waals surface area contributed by atoms with Gasteiger partial charge in [-0.15, -0.1) is 11.6 Å². The first-order valence-electron chi connectivity index (χ1n) is 2.86. The molecular formula is C7H5Cl2N. The molecule has 1 rings (SSSR count). The summed E-state index contributed by atoms with van der Waals surface area (Å²) < 4.78 is 0. The van der Waals surface area contributed by atoms with Crippen LogP contribution in [0.3, 0.4) is 0 Å². The predicted molar refractivity (Wildman–Crippen MR) is 41.9 cm³/mol. The average molecular weight is 174 g/mol. The van der Waals surface area contributed by atoms with E-state index < -0.39 is 0 Å². The number of hydrogen-bond donors (Lipinski definition) is 0. The van der Waals surface area contributed by atoms with Crippen molar-refractivity contribution in [3.8, 4) is 6.07 Å². The molecule has 0 aromatic heterocycles. The van der Waals surface area contributed by atoms with Crippen LogP contribution in [0.4, 0.5) is 0 Å². The molecule has 0 saturated heterocycles. The van der Waals surface area contributed by atoms with Crippen molar-refractivity contribution in [1.29, 1.82) is 5.26 Å². The maximum atomic E-state index is 8.52. The molecule has 1 aliphatic rings. The maximum absolute atomic E-state index is 8.52. The summed E-state index contributed by atoms with van der Waals surface area (Å²) in [5, 5.41) is 8.75. The number of rotatable bonds is 0. The number of nitrogens with zero attached hydrogens (tertiary/aromatic N) is 1. The Kier molecular flexibility index (Phi) is 2.37. The van der Waals surface area contributed by atoms with Crippen LogP contribution >= 0.6 is 23.2 Å². The van der Waals surface area contributed by atoms with Crippen molar-refractivity contribution in [2.75, 3.05) is 0 Å². The summed E-state index contributed by atoms with van der Waals surface area (Å²) in [7, 11) is 0. The second-order valence-electron chi connectivity index (χ2n) is 1.98. The van der Waals surface area contributed by atoms with Crippen LogP contribution in [0.5, 0.6) is 0 Å². The number of halogens is 2. The Balaban J connectivity index is 2.97. The fraction of sp³-hybridized carbons (Fsp3) is 0.286. The van der Waals surface area contributed by atoms with E-state index in [1.54, 1.807) is 6.08 Å². The summed E-state index contributed by atoms with van der Waals surface area (Å²) in [5.41, 5.74) is 0.478. The van der Waals surface area contributed by atoms with Crippen LogP contribution in [0.1, 0.15) is 6.42 Å². The van der Waals surface area contributed by atoms with E-state index in [2.05, 4.69) is 0 Å². The van der Waals surface area contributed by atoms with Gasteiger partial charge in [-0.05, 0) is 12.5 Å². The van der Waals surface area contributed by atoms with Crippen LogP contribution in [0.25, 0.3) is 0 Å². The molecule has 3 heteroatoms. The first-order valence-corrected chi connectivity index (χ1v) is 3.67. The highest BCUT2D eigenvalue weighted by Crippen LogP contribution is 2.25. The summed E-state index contributed by atoms with van der Waals surface area (Å²) in [6, 6.07) is 1.97. The molecule has 0 bridgehead atoms. The van der Waals surface area contributed by atoms with Gasteiger partial charge in [-0.3, -0.25) is 0 Å². The Morgan fingerprint density at radius 3 is 2.80 bits per heavy atom. The van der Waals surface area contributed by atoms with Crippen LogP contribution in [0.15, 0.2) is 22.8 Å². The Morgan fingerprint density at radius 1 is 1.70 bits per heavy atom. The largest absolute Gasteiger partial charge is 0.193 e. The standard InChI is InChI=1S/C7H5Cl2N/c8-6-2-1-3-7(9)5(6)4-10/h1-2,7H,3H2. The van der Waals surface area contributed by atoms with Crippen LogP contribution in [0.2, 0.25) is 0 Å². The molecule has 0 aromatic rings. The summed E-state index contributed by atoms with van der Waals surface area (Å²) in [4.78, 5) is 0. The third kappa shape index (κ3) is 1.34. The molecule has 0 aliphatic heterocycles. The van der Waals surface area contributed by atoms with Crippen LogP contribution in [0, 0.1) is 11.3 Å². The lowest BCUT2D eigenvalue weighted by Crippen LogP contribution is -2.04. The van der Waals surface area contributed by atoms with Crippen LogP contribution < -0.4 is 0 Å². The molecule has 0 N–H and O–H groups in total. The topological polar surface area (TPSA) is 23.8 Å². The normalized spacial score (nSPS) is 24.7. The van der Waals surface area contributed by atoms with Crippen LogP contribution in [-0.4, -0.2) is 5.38 Å². The minimum absolute atomic E-state index is 0.234. The molecular weight excluding hydrogens is 169 g/mol. The molecule has 1 unspecified atom stereocenters. The van der Waals surface area contributed by atoms with Gasteiger partial charge in [0.15, 0.2) is 0 Å². The first kappa shape index (κ1) is 7.65. The molecule has 0 heterocycles. The Labute approximate surface area is 69.5 Å². The monoisotopic (exact) mass is 173 g/mol. The minimum atomic E-state index is -0.234. The van der Waals surface area contributed by atoms with Gasteiger partial charge in [-0.2, -0.15) is 5.26 Å². The van der Waals surface area contributed by atoms with Gasteiger partial charge in [-0.1, -0.05) is 17.7 Å². The molecule has 0 aromatic carbocycles. The zero-order chi connectivity index (χ0) is 7.56. The van der Waals surface area contributed by atoms with E-state index in [4.69, 9.17) is 28.5 Å². The fourth-order valence-corrected chi connectivity index (χ4v) is 1.36. The Morgan fingerprint density at radius 2 is 2.40 bits per heavy atom. The number of allylic oxidation sites excluding steroid dienone is 4. The van der Waals surface area contributed by atoms with Gasteiger partial charge in [0.2, 0.25) is 0 Å². The number of hydrogen-bond acceptors (Lipinski definition) is 1. The molecule has 0 amide bonds. The van der Waals surface area contributed by atoms with E-state index in [1.165, 1.54) is 0 Å². The molecule has 0 fully saturated rings. The van der Waals surface area contributed by atoms with Crippen molar-refractivity contribution >= 4 is 23.2 Å². The highest BCUT2D eigenvalue weighted by atomic mass is 35.5. The van der Waals surface area contributed by atoms with E-state index in [0.717, 1.165) is 0 Å². The van der Waals surface area contributed by atoms with Gasteiger partial charge in [0.05, 0.1) is 22.1 Å². The van der Waals surface area contributed by atoms with E-state index in [1.807, 2.05) is 12.1 Å². The fourth-order valence-electron chi connectivity index (χ4n) is 0.772. The Bertz CT molecular complexity index is 234. The predicted octanol–water partition coefficient (Wildman–Crippen LogP) is 2.57. The minimum Gasteiger partial charge on any atom is -0.193 e. The lowest BCUT2D eigenvalue weighted by Gasteiger charge is -2.09. The molecule has 0 saturated carbocycles. The summed E-state index contributed by atoms with van der Waals surface area (Å²) in [6.07, 6.45) is 4.26. The molecule has 1 atom stereocenters. The summed E-state index contributed by atoms with van der Waals surface area (Å²) in [6.45, 7) is 0. The SMILES string of the molecule is N#CC1=C(Cl)C=CCC1Cl. The van der Waals surface area contributed by atoms with Crippen molar-refractivity contribution in [2.45, 2.75) is 11.8 Å². The third-order valence-corrected chi connectivity index (χ3v) is 2.02. The van der Waals surface area contributed by atoms with Crippen LogP contribution in [-0.2, 0) is 0 Å². The van der Waals surface area contributed by atoms with Crippen molar-refractivity contribution in [1.82, 2.24) is 0 Å². The third-order valence-electron chi connectivity index (χ3n) is 1.30. The van der Waals surface area contributed by atoms with Gasteiger partial charge in [0.25, 0.3) is 0 Å². The average Bonchev–Trinajstić information content (AvgIpc) is 1.88.